The first-order chi connectivity index (χ1) is 12.5. The standard InChI is InChI=1S/C17H22N8S/c1-5-25-14(12-9-7-6-8-11(12)2)22-23-17(25)26-10-13-19-15(18)21-16(20-13)24(3)4/h6-9H,5,10H2,1-4H3,(H2,18,19,20,21). The summed E-state index contributed by atoms with van der Waals surface area (Å²) in [4.78, 5) is 14.6. The van der Waals surface area contributed by atoms with Crippen LogP contribution in [0, 0.1) is 6.92 Å². The van der Waals surface area contributed by atoms with Crippen molar-refractivity contribution in [3.05, 3.63) is 35.7 Å². The molecule has 0 spiro atoms. The lowest BCUT2D eigenvalue weighted by atomic mass is 10.1. The molecule has 1 aromatic carbocycles. The quantitative estimate of drug-likeness (QED) is 0.661. The molecule has 2 N–H and O–H groups in total. The zero-order chi connectivity index (χ0) is 18.7. The Morgan fingerprint density at radius 3 is 2.58 bits per heavy atom. The van der Waals surface area contributed by atoms with Gasteiger partial charge in [0.25, 0.3) is 0 Å². The van der Waals surface area contributed by atoms with Gasteiger partial charge in [-0.1, -0.05) is 36.0 Å². The first-order valence-corrected chi connectivity index (χ1v) is 9.28. The molecule has 9 heteroatoms. The molecule has 0 fully saturated rings. The van der Waals surface area contributed by atoms with Gasteiger partial charge in [-0.2, -0.15) is 15.0 Å². The van der Waals surface area contributed by atoms with Gasteiger partial charge in [0.1, 0.15) is 5.82 Å². The molecule has 3 rings (SSSR count). The minimum Gasteiger partial charge on any atom is -0.368 e. The van der Waals surface area contributed by atoms with E-state index in [9.17, 15) is 0 Å². The number of thioether (sulfide) groups is 1. The van der Waals surface area contributed by atoms with Crippen molar-refractivity contribution in [2.75, 3.05) is 24.7 Å². The Hall–Kier alpha value is -2.68. The Morgan fingerprint density at radius 2 is 1.88 bits per heavy atom. The fourth-order valence-electron chi connectivity index (χ4n) is 2.52. The van der Waals surface area contributed by atoms with Crippen LogP contribution in [-0.2, 0) is 12.3 Å². The Morgan fingerprint density at radius 1 is 1.12 bits per heavy atom. The van der Waals surface area contributed by atoms with E-state index in [4.69, 9.17) is 5.73 Å². The first-order valence-electron chi connectivity index (χ1n) is 8.29. The number of benzene rings is 1. The fourth-order valence-corrected chi connectivity index (χ4v) is 3.38. The van der Waals surface area contributed by atoms with Crippen molar-refractivity contribution in [1.82, 2.24) is 29.7 Å². The number of hydrogen-bond donors (Lipinski definition) is 1. The van der Waals surface area contributed by atoms with Crippen molar-refractivity contribution >= 4 is 23.7 Å². The summed E-state index contributed by atoms with van der Waals surface area (Å²) in [7, 11) is 3.74. The molecule has 8 nitrogen and oxygen atoms in total. The van der Waals surface area contributed by atoms with Crippen LogP contribution < -0.4 is 10.6 Å². The number of hydrogen-bond acceptors (Lipinski definition) is 8. The summed E-state index contributed by atoms with van der Waals surface area (Å²) in [5, 5.41) is 9.59. The van der Waals surface area contributed by atoms with Gasteiger partial charge < -0.3 is 15.2 Å². The zero-order valence-electron chi connectivity index (χ0n) is 15.3. The molecule has 0 aliphatic rings. The van der Waals surface area contributed by atoms with Crippen molar-refractivity contribution in [2.45, 2.75) is 31.3 Å². The molecule has 2 aromatic heterocycles. The molecule has 0 aliphatic heterocycles. The van der Waals surface area contributed by atoms with Crippen molar-refractivity contribution in [3.63, 3.8) is 0 Å². The van der Waals surface area contributed by atoms with Crippen LogP contribution in [0.25, 0.3) is 11.4 Å². The van der Waals surface area contributed by atoms with Gasteiger partial charge in [-0.25, -0.2) is 0 Å². The third-order valence-electron chi connectivity index (χ3n) is 3.84. The lowest BCUT2D eigenvalue weighted by Gasteiger charge is -2.11. The van der Waals surface area contributed by atoms with Crippen molar-refractivity contribution in [1.29, 1.82) is 0 Å². The van der Waals surface area contributed by atoms with E-state index in [0.29, 0.717) is 17.5 Å². The molecule has 0 saturated carbocycles. The van der Waals surface area contributed by atoms with Gasteiger partial charge in [0.05, 0.1) is 5.75 Å². The number of anilines is 2. The number of aryl methyl sites for hydroxylation is 1. The van der Waals surface area contributed by atoms with Gasteiger partial charge in [-0.3, -0.25) is 0 Å². The maximum absolute atomic E-state index is 5.79. The monoisotopic (exact) mass is 370 g/mol. The lowest BCUT2D eigenvalue weighted by Crippen LogP contribution is -2.16. The molecule has 0 atom stereocenters. The number of nitrogens with zero attached hydrogens (tertiary/aromatic N) is 7. The molecule has 0 radical (unpaired) electrons. The number of nitrogens with two attached hydrogens (primary N) is 1. The SMILES string of the molecule is CCn1c(SCc2nc(N)nc(N(C)C)n2)nnc1-c1ccccc1C. The second-order valence-electron chi connectivity index (χ2n) is 5.96. The van der Waals surface area contributed by atoms with E-state index in [1.165, 1.54) is 17.3 Å². The highest BCUT2D eigenvalue weighted by atomic mass is 32.2. The summed E-state index contributed by atoms with van der Waals surface area (Å²) in [6, 6.07) is 8.18. The average Bonchev–Trinajstić information content (AvgIpc) is 3.02. The molecule has 0 bridgehead atoms. The van der Waals surface area contributed by atoms with Crippen LogP contribution in [-0.4, -0.2) is 43.8 Å². The minimum absolute atomic E-state index is 0.219. The van der Waals surface area contributed by atoms with E-state index in [1.807, 2.05) is 26.2 Å². The normalized spacial score (nSPS) is 10.9. The molecule has 26 heavy (non-hydrogen) atoms. The molecule has 0 amide bonds. The summed E-state index contributed by atoms with van der Waals surface area (Å²) in [5.74, 6) is 2.80. The molecular formula is C17H22N8S. The predicted octanol–water partition coefficient (Wildman–Crippen LogP) is 2.40. The molecular weight excluding hydrogens is 348 g/mol. The van der Waals surface area contributed by atoms with Crippen LogP contribution in [0.3, 0.4) is 0 Å². The lowest BCUT2D eigenvalue weighted by molar-refractivity contribution is 0.686. The number of nitrogen functional groups attached to an aromatic ring is 1. The van der Waals surface area contributed by atoms with Crippen LogP contribution in [0.4, 0.5) is 11.9 Å². The molecule has 0 saturated heterocycles. The number of aromatic nitrogens is 6. The Balaban J connectivity index is 1.85. The van der Waals surface area contributed by atoms with E-state index < -0.39 is 0 Å². The van der Waals surface area contributed by atoms with Crippen molar-refractivity contribution in [3.8, 4) is 11.4 Å². The topological polar surface area (TPSA) is 98.6 Å². The summed E-state index contributed by atoms with van der Waals surface area (Å²) < 4.78 is 2.10. The summed E-state index contributed by atoms with van der Waals surface area (Å²) in [5.41, 5.74) is 8.05. The fraction of sp³-hybridized carbons (Fsp3) is 0.353. The van der Waals surface area contributed by atoms with Crippen LogP contribution in [0.15, 0.2) is 29.4 Å². The van der Waals surface area contributed by atoms with Crippen LogP contribution in [0.1, 0.15) is 18.3 Å². The predicted molar refractivity (Wildman–Crippen MR) is 104 cm³/mol. The van der Waals surface area contributed by atoms with Gasteiger partial charge in [0, 0.05) is 26.2 Å². The van der Waals surface area contributed by atoms with Gasteiger partial charge >= 0.3 is 0 Å². The highest BCUT2D eigenvalue weighted by molar-refractivity contribution is 7.98. The van der Waals surface area contributed by atoms with Crippen LogP contribution >= 0.6 is 11.8 Å². The maximum atomic E-state index is 5.79. The van der Waals surface area contributed by atoms with E-state index in [0.717, 1.165) is 23.1 Å². The zero-order valence-corrected chi connectivity index (χ0v) is 16.2. The van der Waals surface area contributed by atoms with Crippen LogP contribution in [0.5, 0.6) is 0 Å². The highest BCUT2D eigenvalue weighted by Crippen LogP contribution is 2.27. The first kappa shape index (κ1) is 18.1. The molecule has 3 aromatic rings. The third-order valence-corrected chi connectivity index (χ3v) is 4.80. The van der Waals surface area contributed by atoms with Gasteiger partial charge in [0.2, 0.25) is 11.9 Å². The largest absolute Gasteiger partial charge is 0.368 e. The summed E-state index contributed by atoms with van der Waals surface area (Å²) in [6.07, 6.45) is 0. The van der Waals surface area contributed by atoms with E-state index in [1.54, 1.807) is 4.90 Å². The average molecular weight is 370 g/mol. The minimum atomic E-state index is 0.219. The molecule has 0 unspecified atom stereocenters. The molecule has 136 valence electrons. The smallest absolute Gasteiger partial charge is 0.229 e. The molecule has 0 aliphatic carbocycles. The molecule has 2 heterocycles. The van der Waals surface area contributed by atoms with E-state index >= 15 is 0 Å². The van der Waals surface area contributed by atoms with Crippen molar-refractivity contribution in [2.24, 2.45) is 0 Å². The maximum Gasteiger partial charge on any atom is 0.229 e. The van der Waals surface area contributed by atoms with Crippen molar-refractivity contribution < 1.29 is 0 Å². The third kappa shape index (κ3) is 3.77. The summed E-state index contributed by atoms with van der Waals surface area (Å²) >= 11 is 1.54. The van der Waals surface area contributed by atoms with E-state index in [2.05, 4.69) is 55.7 Å². The highest BCUT2D eigenvalue weighted by Gasteiger charge is 2.15. The van der Waals surface area contributed by atoms with E-state index in [-0.39, 0.29) is 5.95 Å². The Bertz CT molecular complexity index is 906. The number of rotatable bonds is 6. The second kappa shape index (κ2) is 7.69. The Kier molecular flexibility index (Phi) is 5.36. The van der Waals surface area contributed by atoms with Gasteiger partial charge in [-0.15, -0.1) is 10.2 Å². The van der Waals surface area contributed by atoms with Gasteiger partial charge in [-0.05, 0) is 19.4 Å². The second-order valence-corrected chi connectivity index (χ2v) is 6.90. The Labute approximate surface area is 156 Å². The summed E-state index contributed by atoms with van der Waals surface area (Å²) in [6.45, 7) is 4.94. The van der Waals surface area contributed by atoms with Gasteiger partial charge in [0.15, 0.2) is 11.0 Å². The van der Waals surface area contributed by atoms with Crippen LogP contribution in [0.2, 0.25) is 0 Å².